The van der Waals surface area contributed by atoms with Gasteiger partial charge in [0.15, 0.2) is 0 Å². The lowest BCUT2D eigenvalue weighted by atomic mass is 9.51. The van der Waals surface area contributed by atoms with E-state index < -0.39 is 0 Å². The van der Waals surface area contributed by atoms with E-state index in [1.54, 1.807) is 0 Å². The smallest absolute Gasteiger partial charge is 0.0923 e. The van der Waals surface area contributed by atoms with Gasteiger partial charge in [0, 0.05) is 0 Å². The third-order valence-corrected chi connectivity index (χ3v) is 5.19. The summed E-state index contributed by atoms with van der Waals surface area (Å²) in [6.07, 6.45) is 5.56. The molecular weight excluding hydrogens is 184 g/mol. The molecule has 0 unspecified atom stereocenters. The van der Waals surface area contributed by atoms with Crippen LogP contribution < -0.4 is 0 Å². The molecule has 3 fully saturated rings. The van der Waals surface area contributed by atoms with Gasteiger partial charge >= 0.3 is 0 Å². The van der Waals surface area contributed by atoms with Crippen LogP contribution in [0.25, 0.3) is 0 Å². The average molecular weight is 206 g/mol. The first-order valence-corrected chi connectivity index (χ1v) is 6.28. The third-order valence-electron chi connectivity index (χ3n) is 5.19. The van der Waals surface area contributed by atoms with Gasteiger partial charge in [0.05, 0.1) is 11.7 Å². The quantitative estimate of drug-likeness (QED) is 0.436. The standard InChI is InChI=1S/C14H22O/c1-9-7-12-14(4,15-12)6-5-11-10(9)8-13(11,2)3/h10-12H,1,5-8H2,2-4H3/t10-,11-,12-,14+/m1/s1. The Labute approximate surface area is 92.9 Å². The molecule has 1 nitrogen and oxygen atoms in total. The van der Waals surface area contributed by atoms with E-state index in [1.165, 1.54) is 24.8 Å². The van der Waals surface area contributed by atoms with E-state index >= 15 is 0 Å². The maximum atomic E-state index is 5.83. The largest absolute Gasteiger partial charge is 0.366 e. The van der Waals surface area contributed by atoms with Crippen LogP contribution in [-0.2, 0) is 4.74 Å². The first-order valence-electron chi connectivity index (χ1n) is 6.28. The number of hydrogen-bond acceptors (Lipinski definition) is 1. The average Bonchev–Trinajstić information content (AvgIpc) is 2.71. The van der Waals surface area contributed by atoms with Gasteiger partial charge in [-0.2, -0.15) is 0 Å². The SMILES string of the molecule is C=C1C[C@H]2O[C@@]2(C)CC[C@@H]2[C@@H]1CC2(C)C. The molecule has 0 amide bonds. The summed E-state index contributed by atoms with van der Waals surface area (Å²) in [4.78, 5) is 0. The highest BCUT2D eigenvalue weighted by Crippen LogP contribution is 2.60. The maximum absolute atomic E-state index is 5.83. The second-order valence-electron chi connectivity index (χ2n) is 6.73. The van der Waals surface area contributed by atoms with Gasteiger partial charge in [0.2, 0.25) is 0 Å². The van der Waals surface area contributed by atoms with Gasteiger partial charge in [0.25, 0.3) is 0 Å². The molecule has 0 aromatic carbocycles. The van der Waals surface area contributed by atoms with Crippen molar-refractivity contribution in [3.05, 3.63) is 12.2 Å². The van der Waals surface area contributed by atoms with Gasteiger partial charge in [-0.15, -0.1) is 0 Å². The summed E-state index contributed by atoms with van der Waals surface area (Å²) in [5.74, 6) is 1.67. The van der Waals surface area contributed by atoms with Crippen LogP contribution in [0.15, 0.2) is 12.2 Å². The lowest BCUT2D eigenvalue weighted by molar-refractivity contribution is -0.00326. The number of ether oxygens (including phenoxy) is 1. The van der Waals surface area contributed by atoms with Crippen molar-refractivity contribution in [3.8, 4) is 0 Å². The van der Waals surface area contributed by atoms with E-state index in [1.807, 2.05) is 0 Å². The molecule has 4 atom stereocenters. The molecule has 15 heavy (non-hydrogen) atoms. The molecule has 0 N–H and O–H groups in total. The van der Waals surface area contributed by atoms with Gasteiger partial charge in [0.1, 0.15) is 0 Å². The number of rotatable bonds is 0. The van der Waals surface area contributed by atoms with Gasteiger partial charge in [-0.3, -0.25) is 0 Å². The zero-order valence-electron chi connectivity index (χ0n) is 10.2. The predicted octanol–water partition coefficient (Wildman–Crippen LogP) is 3.55. The molecule has 3 aliphatic rings. The summed E-state index contributed by atoms with van der Waals surface area (Å²) in [6.45, 7) is 11.4. The van der Waals surface area contributed by atoms with Crippen LogP contribution in [0, 0.1) is 17.3 Å². The molecule has 1 heteroatoms. The third kappa shape index (κ3) is 1.32. The molecule has 84 valence electrons. The minimum absolute atomic E-state index is 0.208. The first-order chi connectivity index (χ1) is 6.92. The van der Waals surface area contributed by atoms with Crippen molar-refractivity contribution in [1.82, 2.24) is 0 Å². The van der Waals surface area contributed by atoms with E-state index in [9.17, 15) is 0 Å². The Kier molecular flexibility index (Phi) is 1.77. The van der Waals surface area contributed by atoms with Gasteiger partial charge in [-0.05, 0) is 49.9 Å². The summed E-state index contributed by atoms with van der Waals surface area (Å²) in [6, 6.07) is 0. The van der Waals surface area contributed by atoms with Crippen LogP contribution in [0.4, 0.5) is 0 Å². The molecule has 0 bridgehead atoms. The van der Waals surface area contributed by atoms with Crippen LogP contribution in [0.1, 0.15) is 46.5 Å². The van der Waals surface area contributed by atoms with Crippen LogP contribution >= 0.6 is 0 Å². The van der Waals surface area contributed by atoms with Gasteiger partial charge in [-0.25, -0.2) is 0 Å². The zero-order valence-corrected chi connectivity index (χ0v) is 10.2. The summed E-state index contributed by atoms with van der Waals surface area (Å²) in [5.41, 5.74) is 2.22. The summed E-state index contributed by atoms with van der Waals surface area (Å²) >= 11 is 0. The lowest BCUT2D eigenvalue weighted by Gasteiger charge is -2.53. The fourth-order valence-electron chi connectivity index (χ4n) is 3.87. The van der Waals surface area contributed by atoms with Crippen molar-refractivity contribution in [1.29, 1.82) is 0 Å². The maximum Gasteiger partial charge on any atom is 0.0923 e. The van der Waals surface area contributed by atoms with E-state index in [0.717, 1.165) is 18.3 Å². The minimum Gasteiger partial charge on any atom is -0.366 e. The second-order valence-corrected chi connectivity index (χ2v) is 6.73. The van der Waals surface area contributed by atoms with E-state index in [0.29, 0.717) is 11.5 Å². The molecule has 0 aromatic rings. The highest BCUT2D eigenvalue weighted by molar-refractivity contribution is 5.19. The minimum atomic E-state index is 0.208. The lowest BCUT2D eigenvalue weighted by Crippen LogP contribution is -2.46. The molecule has 0 radical (unpaired) electrons. The fourth-order valence-corrected chi connectivity index (χ4v) is 3.87. The van der Waals surface area contributed by atoms with Crippen molar-refractivity contribution in [2.45, 2.75) is 58.2 Å². The molecule has 2 saturated carbocycles. The molecule has 1 heterocycles. The molecule has 0 aromatic heterocycles. The normalized spacial score (nSPS) is 51.9. The molecular formula is C14H22O. The Morgan fingerprint density at radius 3 is 2.73 bits per heavy atom. The van der Waals surface area contributed by atoms with Crippen molar-refractivity contribution < 1.29 is 4.74 Å². The predicted molar refractivity (Wildman–Crippen MR) is 61.6 cm³/mol. The summed E-state index contributed by atoms with van der Waals surface area (Å²) in [7, 11) is 0. The van der Waals surface area contributed by atoms with Crippen LogP contribution in [0.3, 0.4) is 0 Å². The van der Waals surface area contributed by atoms with Crippen molar-refractivity contribution in [2.75, 3.05) is 0 Å². The second kappa shape index (κ2) is 2.68. The molecule has 2 aliphatic carbocycles. The van der Waals surface area contributed by atoms with Crippen molar-refractivity contribution in [2.24, 2.45) is 17.3 Å². The van der Waals surface area contributed by atoms with Gasteiger partial charge < -0.3 is 4.74 Å². The molecule has 1 aliphatic heterocycles. The Morgan fingerprint density at radius 2 is 2.07 bits per heavy atom. The van der Waals surface area contributed by atoms with E-state index in [-0.39, 0.29) is 5.60 Å². The highest BCUT2D eigenvalue weighted by atomic mass is 16.6. The number of epoxide rings is 1. The number of fused-ring (bicyclic) bond motifs is 2. The number of hydrogen-bond donors (Lipinski definition) is 0. The van der Waals surface area contributed by atoms with Crippen LogP contribution in [0.5, 0.6) is 0 Å². The van der Waals surface area contributed by atoms with E-state index in [2.05, 4.69) is 27.4 Å². The fraction of sp³-hybridized carbons (Fsp3) is 0.857. The van der Waals surface area contributed by atoms with Crippen molar-refractivity contribution in [3.63, 3.8) is 0 Å². The zero-order chi connectivity index (χ0) is 10.8. The Morgan fingerprint density at radius 1 is 1.33 bits per heavy atom. The Bertz CT molecular complexity index is 317. The van der Waals surface area contributed by atoms with Gasteiger partial charge in [-0.1, -0.05) is 26.0 Å². The highest BCUT2D eigenvalue weighted by Gasteiger charge is 2.57. The first kappa shape index (κ1) is 9.89. The van der Waals surface area contributed by atoms with E-state index in [4.69, 9.17) is 4.74 Å². The summed E-state index contributed by atoms with van der Waals surface area (Å²) < 4.78 is 5.83. The monoisotopic (exact) mass is 206 g/mol. The summed E-state index contributed by atoms with van der Waals surface area (Å²) in [5, 5.41) is 0. The van der Waals surface area contributed by atoms with Crippen molar-refractivity contribution >= 4 is 0 Å². The molecule has 0 spiro atoms. The van der Waals surface area contributed by atoms with Crippen LogP contribution in [0.2, 0.25) is 0 Å². The Balaban J connectivity index is 1.80. The van der Waals surface area contributed by atoms with Crippen LogP contribution in [-0.4, -0.2) is 11.7 Å². The topological polar surface area (TPSA) is 12.5 Å². The Hall–Kier alpha value is -0.300. The molecule has 1 saturated heterocycles. The molecule has 3 rings (SSSR count).